The summed E-state index contributed by atoms with van der Waals surface area (Å²) in [5.74, 6) is -1.60. The van der Waals surface area contributed by atoms with Crippen LogP contribution in [0.2, 0.25) is 5.02 Å². The van der Waals surface area contributed by atoms with Crippen LogP contribution in [0.1, 0.15) is 52.5 Å². The van der Waals surface area contributed by atoms with Crippen LogP contribution < -0.4 is 10.6 Å². The zero-order valence-corrected chi connectivity index (χ0v) is 16.4. The lowest BCUT2D eigenvalue weighted by Crippen LogP contribution is -2.51. The first-order chi connectivity index (χ1) is 12.0. The lowest BCUT2D eigenvalue weighted by atomic mass is 9.87. The molecule has 3 N–H and O–H groups in total. The molecule has 0 heterocycles. The average Bonchev–Trinajstić information content (AvgIpc) is 2.56. The summed E-state index contributed by atoms with van der Waals surface area (Å²) in [6.45, 7) is 7.49. The van der Waals surface area contributed by atoms with E-state index < -0.39 is 16.9 Å². The highest BCUT2D eigenvalue weighted by molar-refractivity contribution is 6.30. The first-order valence-electron chi connectivity index (χ1n) is 8.61. The van der Waals surface area contributed by atoms with Crippen LogP contribution >= 0.6 is 11.6 Å². The topological polar surface area (TPSA) is 95.5 Å². The second-order valence-electron chi connectivity index (χ2n) is 7.23. The first kappa shape index (κ1) is 22.0. The van der Waals surface area contributed by atoms with Crippen LogP contribution in [0, 0.1) is 5.41 Å². The monoisotopic (exact) mass is 382 g/mol. The molecule has 1 unspecified atom stereocenters. The van der Waals surface area contributed by atoms with Crippen LogP contribution in [0.15, 0.2) is 24.3 Å². The highest BCUT2D eigenvalue weighted by atomic mass is 35.5. The molecule has 0 bridgehead atoms. The lowest BCUT2D eigenvalue weighted by Gasteiger charge is -2.30. The molecular formula is C19H27ClN2O4. The predicted molar refractivity (Wildman–Crippen MR) is 101 cm³/mol. The van der Waals surface area contributed by atoms with Gasteiger partial charge in [-0.15, -0.1) is 0 Å². The summed E-state index contributed by atoms with van der Waals surface area (Å²) in [6, 6.07) is 6.39. The maximum Gasteiger partial charge on any atom is 0.334 e. The lowest BCUT2D eigenvalue weighted by molar-refractivity contribution is -0.148. The van der Waals surface area contributed by atoms with Crippen LogP contribution in [0.25, 0.3) is 0 Å². The zero-order valence-electron chi connectivity index (χ0n) is 15.7. The molecule has 0 aliphatic carbocycles. The van der Waals surface area contributed by atoms with E-state index in [1.807, 2.05) is 20.8 Å². The highest BCUT2D eigenvalue weighted by Crippen LogP contribution is 2.27. The Labute approximate surface area is 159 Å². The second-order valence-corrected chi connectivity index (χ2v) is 7.66. The molecule has 2 amide bonds. The minimum Gasteiger partial charge on any atom is -0.479 e. The minimum absolute atomic E-state index is 0.0903. The fourth-order valence-electron chi connectivity index (χ4n) is 2.44. The fourth-order valence-corrected chi connectivity index (χ4v) is 2.57. The quantitative estimate of drug-likeness (QED) is 0.602. The number of hydrogen-bond donors (Lipinski definition) is 3. The number of carbonyl (C=O) groups is 3. The van der Waals surface area contributed by atoms with Crippen LogP contribution in [-0.4, -0.2) is 29.4 Å². The van der Waals surface area contributed by atoms with Gasteiger partial charge in [-0.2, -0.15) is 0 Å². The number of nitrogens with one attached hydrogen (secondary N) is 2. The van der Waals surface area contributed by atoms with Crippen molar-refractivity contribution in [3.63, 3.8) is 0 Å². The normalized spacial score (nSPS) is 13.6. The van der Waals surface area contributed by atoms with E-state index in [9.17, 15) is 19.5 Å². The molecule has 0 aromatic heterocycles. The van der Waals surface area contributed by atoms with E-state index in [4.69, 9.17) is 11.6 Å². The highest BCUT2D eigenvalue weighted by Gasteiger charge is 2.40. The van der Waals surface area contributed by atoms with Crippen molar-refractivity contribution in [2.75, 3.05) is 6.54 Å². The number of rotatable bonds is 8. The van der Waals surface area contributed by atoms with Crippen LogP contribution in [0.3, 0.4) is 0 Å². The summed E-state index contributed by atoms with van der Waals surface area (Å²) in [4.78, 5) is 36.0. The molecule has 1 aromatic carbocycles. The molecule has 7 heteroatoms. The Kier molecular flexibility index (Phi) is 7.63. The van der Waals surface area contributed by atoms with Crippen molar-refractivity contribution in [3.8, 4) is 0 Å². The number of carboxylic acid groups (broad SMARTS) is 1. The molecule has 0 spiro atoms. The molecule has 1 rings (SSSR count). The van der Waals surface area contributed by atoms with E-state index in [2.05, 4.69) is 10.6 Å². The molecule has 0 fully saturated rings. The van der Waals surface area contributed by atoms with Crippen molar-refractivity contribution in [2.45, 2.75) is 52.5 Å². The van der Waals surface area contributed by atoms with Gasteiger partial charge in [0.2, 0.25) is 11.8 Å². The van der Waals surface area contributed by atoms with Crippen molar-refractivity contribution in [2.24, 2.45) is 5.41 Å². The van der Waals surface area contributed by atoms with Crippen molar-refractivity contribution >= 4 is 29.4 Å². The summed E-state index contributed by atoms with van der Waals surface area (Å²) in [7, 11) is 0. The van der Waals surface area contributed by atoms with E-state index in [1.165, 1.54) is 0 Å². The molecule has 26 heavy (non-hydrogen) atoms. The van der Waals surface area contributed by atoms with E-state index >= 15 is 0 Å². The van der Waals surface area contributed by atoms with E-state index in [1.54, 1.807) is 31.2 Å². The maximum atomic E-state index is 12.3. The number of halogens is 1. The van der Waals surface area contributed by atoms with Crippen molar-refractivity contribution in [1.82, 2.24) is 10.6 Å². The van der Waals surface area contributed by atoms with Gasteiger partial charge < -0.3 is 15.7 Å². The molecule has 0 saturated heterocycles. The maximum absolute atomic E-state index is 12.3. The van der Waals surface area contributed by atoms with Gasteiger partial charge in [-0.05, 0) is 30.5 Å². The Bertz CT molecular complexity index is 652. The van der Waals surface area contributed by atoms with Crippen molar-refractivity contribution < 1.29 is 19.5 Å². The van der Waals surface area contributed by atoms with Crippen molar-refractivity contribution in [3.05, 3.63) is 34.9 Å². The van der Waals surface area contributed by atoms with Crippen molar-refractivity contribution in [1.29, 1.82) is 0 Å². The van der Waals surface area contributed by atoms with Gasteiger partial charge in [0.05, 0.1) is 0 Å². The van der Waals surface area contributed by atoms with Gasteiger partial charge >= 0.3 is 5.97 Å². The number of aliphatic carboxylic acids is 1. The second kappa shape index (κ2) is 9.03. The van der Waals surface area contributed by atoms with E-state index in [-0.39, 0.29) is 24.7 Å². The third-order valence-electron chi connectivity index (χ3n) is 4.13. The molecular weight excluding hydrogens is 356 g/mol. The Morgan fingerprint density at radius 1 is 1.12 bits per heavy atom. The van der Waals surface area contributed by atoms with Gasteiger partial charge in [-0.1, -0.05) is 51.4 Å². The Morgan fingerprint density at radius 3 is 2.15 bits per heavy atom. The smallest absolute Gasteiger partial charge is 0.334 e. The van der Waals surface area contributed by atoms with E-state index in [0.29, 0.717) is 23.6 Å². The molecule has 0 aliphatic rings. The number of benzene rings is 1. The number of amides is 2. The van der Waals surface area contributed by atoms with Gasteiger partial charge in [-0.25, -0.2) is 4.79 Å². The predicted octanol–water partition coefficient (Wildman–Crippen LogP) is 3.09. The Balaban J connectivity index is 2.71. The summed E-state index contributed by atoms with van der Waals surface area (Å²) in [5.41, 5.74) is -1.53. The third-order valence-corrected chi connectivity index (χ3v) is 4.38. The average molecular weight is 383 g/mol. The SMILES string of the molecule is CCC(NC(=O)CCCNC(=O)C(C)(C)C)(C(=O)O)c1ccc(Cl)cc1. The van der Waals surface area contributed by atoms with Gasteiger partial charge in [0.25, 0.3) is 0 Å². The zero-order chi connectivity index (χ0) is 20.0. The molecule has 1 atom stereocenters. The first-order valence-corrected chi connectivity index (χ1v) is 8.99. The summed E-state index contributed by atoms with van der Waals surface area (Å²) in [5, 5.41) is 15.6. The summed E-state index contributed by atoms with van der Waals surface area (Å²) < 4.78 is 0. The molecule has 6 nitrogen and oxygen atoms in total. The largest absolute Gasteiger partial charge is 0.479 e. The fraction of sp³-hybridized carbons (Fsp3) is 0.526. The summed E-state index contributed by atoms with van der Waals surface area (Å²) >= 11 is 5.86. The number of carbonyl (C=O) groups excluding carboxylic acids is 2. The van der Waals surface area contributed by atoms with E-state index in [0.717, 1.165) is 0 Å². The number of carboxylic acids is 1. The van der Waals surface area contributed by atoms with Gasteiger partial charge in [-0.3, -0.25) is 9.59 Å². The van der Waals surface area contributed by atoms with Gasteiger partial charge in [0, 0.05) is 23.4 Å². The third kappa shape index (κ3) is 5.73. The number of hydrogen-bond acceptors (Lipinski definition) is 3. The molecule has 144 valence electrons. The standard InChI is InChI=1S/C19H27ClN2O4/c1-5-19(17(25)26,13-8-10-14(20)11-9-13)22-15(23)7-6-12-21-16(24)18(2,3)4/h8-11H,5-7,12H2,1-4H3,(H,21,24)(H,22,23)(H,25,26). The molecule has 0 aliphatic heterocycles. The molecule has 0 saturated carbocycles. The Hall–Kier alpha value is -2.08. The van der Waals surface area contributed by atoms with Gasteiger partial charge in [0.15, 0.2) is 5.54 Å². The summed E-state index contributed by atoms with van der Waals surface area (Å²) in [6.07, 6.45) is 0.733. The molecule has 0 radical (unpaired) electrons. The van der Waals surface area contributed by atoms with Crippen LogP contribution in [0.4, 0.5) is 0 Å². The molecule has 1 aromatic rings. The van der Waals surface area contributed by atoms with Gasteiger partial charge in [0.1, 0.15) is 0 Å². The van der Waals surface area contributed by atoms with Crippen LogP contribution in [-0.2, 0) is 19.9 Å². The Morgan fingerprint density at radius 2 is 1.69 bits per heavy atom. The minimum atomic E-state index is -1.50. The van der Waals surface area contributed by atoms with Crippen LogP contribution in [0.5, 0.6) is 0 Å².